The fourth-order valence-electron chi connectivity index (χ4n) is 3.39. The summed E-state index contributed by atoms with van der Waals surface area (Å²) in [5.41, 5.74) is 2.86. The SMILES string of the molecule is CC(c1ccc(C(C)(C)C)cc1)N(C)CC(O)CN1CCN(C)CC1. The van der Waals surface area contributed by atoms with Crippen molar-refractivity contribution < 1.29 is 5.11 Å². The van der Waals surface area contributed by atoms with E-state index in [4.69, 9.17) is 0 Å². The molecule has 4 nitrogen and oxygen atoms in total. The number of likely N-dealkylation sites (N-methyl/N-ethyl adjacent to an activating group) is 2. The number of aliphatic hydroxyl groups excluding tert-OH is 1. The zero-order valence-electron chi connectivity index (χ0n) is 17.0. The van der Waals surface area contributed by atoms with Crippen LogP contribution in [0.2, 0.25) is 0 Å². The van der Waals surface area contributed by atoms with Gasteiger partial charge in [-0.15, -0.1) is 0 Å². The molecular formula is C21H37N3O. The minimum Gasteiger partial charge on any atom is -0.390 e. The first-order chi connectivity index (χ1) is 11.7. The second-order valence-corrected chi connectivity index (χ2v) is 8.75. The van der Waals surface area contributed by atoms with Gasteiger partial charge in [-0.05, 0) is 37.6 Å². The van der Waals surface area contributed by atoms with E-state index in [9.17, 15) is 5.11 Å². The molecule has 142 valence electrons. The van der Waals surface area contributed by atoms with E-state index in [-0.39, 0.29) is 11.5 Å². The maximum absolute atomic E-state index is 10.5. The minimum atomic E-state index is -0.301. The summed E-state index contributed by atoms with van der Waals surface area (Å²) in [6.45, 7) is 14.7. The van der Waals surface area contributed by atoms with Crippen molar-refractivity contribution in [3.05, 3.63) is 35.4 Å². The molecule has 25 heavy (non-hydrogen) atoms. The number of β-amino-alcohol motifs (C(OH)–C–C–N with tert-alkyl or cyclic N) is 1. The number of piperazine rings is 1. The van der Waals surface area contributed by atoms with Crippen LogP contribution in [-0.4, -0.2) is 79.3 Å². The van der Waals surface area contributed by atoms with Gasteiger partial charge >= 0.3 is 0 Å². The molecule has 1 fully saturated rings. The van der Waals surface area contributed by atoms with Crippen LogP contribution in [0.5, 0.6) is 0 Å². The lowest BCUT2D eigenvalue weighted by Crippen LogP contribution is -2.48. The molecule has 2 rings (SSSR count). The Bertz CT molecular complexity index is 515. The molecule has 0 bridgehead atoms. The van der Waals surface area contributed by atoms with Gasteiger partial charge in [0.25, 0.3) is 0 Å². The van der Waals surface area contributed by atoms with Crippen LogP contribution in [0.1, 0.15) is 44.9 Å². The van der Waals surface area contributed by atoms with Crippen LogP contribution >= 0.6 is 0 Å². The molecule has 0 radical (unpaired) electrons. The Labute approximate surface area is 154 Å². The molecule has 0 aromatic heterocycles. The third-order valence-electron chi connectivity index (χ3n) is 5.48. The zero-order chi connectivity index (χ0) is 18.6. The average molecular weight is 348 g/mol. The van der Waals surface area contributed by atoms with Crippen LogP contribution < -0.4 is 0 Å². The van der Waals surface area contributed by atoms with E-state index in [1.807, 2.05) is 0 Å². The highest BCUT2D eigenvalue weighted by Crippen LogP contribution is 2.25. The maximum Gasteiger partial charge on any atom is 0.0793 e. The monoisotopic (exact) mass is 347 g/mol. The van der Waals surface area contributed by atoms with Crippen molar-refractivity contribution in [3.63, 3.8) is 0 Å². The van der Waals surface area contributed by atoms with Crippen molar-refractivity contribution in [3.8, 4) is 0 Å². The van der Waals surface area contributed by atoms with Gasteiger partial charge in [0.1, 0.15) is 0 Å². The Kier molecular flexibility index (Phi) is 7.03. The summed E-state index contributed by atoms with van der Waals surface area (Å²) in [4.78, 5) is 6.98. The molecule has 1 aromatic carbocycles. The highest BCUT2D eigenvalue weighted by molar-refractivity contribution is 5.29. The van der Waals surface area contributed by atoms with Gasteiger partial charge < -0.3 is 10.0 Å². The number of rotatable bonds is 6. The van der Waals surface area contributed by atoms with Crippen LogP contribution in [0.25, 0.3) is 0 Å². The van der Waals surface area contributed by atoms with E-state index in [0.29, 0.717) is 12.6 Å². The third-order valence-corrected chi connectivity index (χ3v) is 5.48. The minimum absolute atomic E-state index is 0.187. The van der Waals surface area contributed by atoms with Gasteiger partial charge in [-0.3, -0.25) is 9.80 Å². The summed E-state index contributed by atoms with van der Waals surface area (Å²) in [5, 5.41) is 10.5. The smallest absolute Gasteiger partial charge is 0.0793 e. The first-order valence-corrected chi connectivity index (χ1v) is 9.56. The summed E-state index contributed by atoms with van der Waals surface area (Å²) in [6.07, 6.45) is -0.301. The van der Waals surface area contributed by atoms with Gasteiger partial charge in [-0.2, -0.15) is 0 Å². The van der Waals surface area contributed by atoms with Gasteiger partial charge in [0.05, 0.1) is 6.10 Å². The predicted molar refractivity (Wildman–Crippen MR) is 106 cm³/mol. The first-order valence-electron chi connectivity index (χ1n) is 9.56. The molecule has 0 aliphatic carbocycles. The first kappa shape index (κ1) is 20.4. The summed E-state index contributed by atoms with van der Waals surface area (Å²) in [6, 6.07) is 9.24. The lowest BCUT2D eigenvalue weighted by Gasteiger charge is -2.35. The van der Waals surface area contributed by atoms with E-state index >= 15 is 0 Å². The van der Waals surface area contributed by atoms with Crippen molar-refractivity contribution in [2.75, 3.05) is 53.4 Å². The molecule has 1 heterocycles. The third kappa shape index (κ3) is 6.07. The van der Waals surface area contributed by atoms with E-state index in [0.717, 1.165) is 32.7 Å². The Hall–Kier alpha value is -0.940. The van der Waals surface area contributed by atoms with E-state index < -0.39 is 0 Å². The number of nitrogens with zero attached hydrogens (tertiary/aromatic N) is 3. The topological polar surface area (TPSA) is 30.0 Å². The molecule has 0 amide bonds. The number of hydrogen-bond acceptors (Lipinski definition) is 4. The highest BCUT2D eigenvalue weighted by atomic mass is 16.3. The van der Waals surface area contributed by atoms with E-state index in [2.05, 4.69) is 80.8 Å². The van der Waals surface area contributed by atoms with Crippen molar-refractivity contribution in [2.24, 2.45) is 0 Å². The molecule has 1 aromatic rings. The quantitative estimate of drug-likeness (QED) is 0.857. The fourth-order valence-corrected chi connectivity index (χ4v) is 3.39. The van der Waals surface area contributed by atoms with E-state index in [1.54, 1.807) is 0 Å². The zero-order valence-corrected chi connectivity index (χ0v) is 17.0. The summed E-state index contributed by atoms with van der Waals surface area (Å²) >= 11 is 0. The summed E-state index contributed by atoms with van der Waals surface area (Å²) < 4.78 is 0. The molecule has 1 aliphatic rings. The van der Waals surface area contributed by atoms with Crippen LogP contribution in [0.15, 0.2) is 24.3 Å². The maximum atomic E-state index is 10.5. The van der Waals surface area contributed by atoms with Gasteiger partial charge in [0, 0.05) is 45.3 Å². The molecule has 1 N–H and O–H groups in total. The predicted octanol–water partition coefficient (Wildman–Crippen LogP) is 2.59. The van der Waals surface area contributed by atoms with Crippen molar-refractivity contribution >= 4 is 0 Å². The van der Waals surface area contributed by atoms with Gasteiger partial charge in [0.15, 0.2) is 0 Å². The molecule has 1 aliphatic heterocycles. The number of benzene rings is 1. The Morgan fingerprint density at radius 2 is 1.64 bits per heavy atom. The molecule has 2 atom stereocenters. The normalized spacial score (nSPS) is 20.0. The second kappa shape index (κ2) is 8.63. The Morgan fingerprint density at radius 3 is 2.16 bits per heavy atom. The lowest BCUT2D eigenvalue weighted by atomic mass is 9.86. The van der Waals surface area contributed by atoms with Crippen LogP contribution in [0, 0.1) is 0 Å². The van der Waals surface area contributed by atoms with Crippen LogP contribution in [-0.2, 0) is 5.41 Å². The molecular weight excluding hydrogens is 310 g/mol. The van der Waals surface area contributed by atoms with Crippen molar-refractivity contribution in [1.29, 1.82) is 0 Å². The molecule has 0 saturated carbocycles. The molecule has 1 saturated heterocycles. The standard InChI is InChI=1S/C21H37N3O/c1-17(18-7-9-19(10-8-18)21(2,3)4)23(6)15-20(25)16-24-13-11-22(5)12-14-24/h7-10,17,20,25H,11-16H2,1-6H3. The van der Waals surface area contributed by atoms with Crippen LogP contribution in [0.4, 0.5) is 0 Å². The summed E-state index contributed by atoms with van der Waals surface area (Å²) in [5.74, 6) is 0. The highest BCUT2D eigenvalue weighted by Gasteiger charge is 2.20. The largest absolute Gasteiger partial charge is 0.390 e. The molecule has 2 unspecified atom stereocenters. The second-order valence-electron chi connectivity index (χ2n) is 8.75. The molecule has 0 spiro atoms. The van der Waals surface area contributed by atoms with Gasteiger partial charge in [0.2, 0.25) is 0 Å². The van der Waals surface area contributed by atoms with E-state index in [1.165, 1.54) is 11.1 Å². The summed E-state index contributed by atoms with van der Waals surface area (Å²) in [7, 11) is 4.27. The Morgan fingerprint density at radius 1 is 1.08 bits per heavy atom. The fraction of sp³-hybridized carbons (Fsp3) is 0.714. The average Bonchev–Trinajstić information content (AvgIpc) is 2.55. The van der Waals surface area contributed by atoms with Crippen molar-refractivity contribution in [1.82, 2.24) is 14.7 Å². The van der Waals surface area contributed by atoms with Crippen LogP contribution in [0.3, 0.4) is 0 Å². The molecule has 4 heteroatoms. The lowest BCUT2D eigenvalue weighted by molar-refractivity contribution is 0.0530. The number of hydrogen-bond donors (Lipinski definition) is 1. The van der Waals surface area contributed by atoms with Crippen molar-refractivity contribution in [2.45, 2.75) is 45.3 Å². The van der Waals surface area contributed by atoms with Gasteiger partial charge in [-0.25, -0.2) is 0 Å². The number of aliphatic hydroxyl groups is 1. The van der Waals surface area contributed by atoms with Gasteiger partial charge in [-0.1, -0.05) is 45.0 Å². The Balaban J connectivity index is 1.85.